The molecule has 2 aromatic rings. The number of pyridine rings is 1. The standard InChI is InChI=1S/C18H26N4O4S3/c1-3-22(4-2)29(25,26)16-7-8-17(19-14-16)21-11-9-15(10-12-21)20-28(23,24)18-6-5-13-27-18/h5-8,13-15,20H,3-4,9-12H2,1-2H3. The Morgan fingerprint density at radius 3 is 2.34 bits per heavy atom. The zero-order chi connectivity index (χ0) is 21.1. The van der Waals surface area contributed by atoms with Gasteiger partial charge < -0.3 is 4.90 Å². The van der Waals surface area contributed by atoms with Gasteiger partial charge in [-0.3, -0.25) is 0 Å². The Labute approximate surface area is 176 Å². The molecule has 29 heavy (non-hydrogen) atoms. The van der Waals surface area contributed by atoms with Gasteiger partial charge in [0.2, 0.25) is 20.0 Å². The molecule has 0 aliphatic carbocycles. The fraction of sp³-hybridized carbons (Fsp3) is 0.500. The van der Waals surface area contributed by atoms with Crippen molar-refractivity contribution in [2.45, 2.75) is 41.8 Å². The van der Waals surface area contributed by atoms with Gasteiger partial charge in [0.25, 0.3) is 0 Å². The summed E-state index contributed by atoms with van der Waals surface area (Å²) in [5, 5.41) is 1.74. The summed E-state index contributed by atoms with van der Waals surface area (Å²) in [4.78, 5) is 6.57. The molecule has 0 amide bonds. The second kappa shape index (κ2) is 9.09. The van der Waals surface area contributed by atoms with Crippen molar-refractivity contribution in [3.8, 4) is 0 Å². The molecule has 8 nitrogen and oxygen atoms in total. The number of piperidine rings is 1. The van der Waals surface area contributed by atoms with Gasteiger partial charge in [-0.15, -0.1) is 11.3 Å². The second-order valence-electron chi connectivity index (χ2n) is 6.76. The van der Waals surface area contributed by atoms with Crippen molar-refractivity contribution in [1.29, 1.82) is 0 Å². The lowest BCUT2D eigenvalue weighted by Gasteiger charge is -2.33. The maximum atomic E-state index is 12.6. The normalized spacial score (nSPS) is 16.4. The number of rotatable bonds is 8. The van der Waals surface area contributed by atoms with Gasteiger partial charge in [-0.1, -0.05) is 19.9 Å². The summed E-state index contributed by atoms with van der Waals surface area (Å²) in [6, 6.07) is 6.49. The van der Waals surface area contributed by atoms with Crippen molar-refractivity contribution in [3.05, 3.63) is 35.8 Å². The van der Waals surface area contributed by atoms with Gasteiger partial charge in [0.05, 0.1) is 0 Å². The Bertz CT molecular complexity index is 994. The molecule has 0 saturated carbocycles. The van der Waals surface area contributed by atoms with E-state index in [0.717, 1.165) is 0 Å². The fourth-order valence-electron chi connectivity index (χ4n) is 3.35. The average molecular weight is 459 g/mol. The molecule has 0 spiro atoms. The Balaban J connectivity index is 1.61. The number of aromatic nitrogens is 1. The second-order valence-corrected chi connectivity index (χ2v) is 11.6. The summed E-state index contributed by atoms with van der Waals surface area (Å²) < 4.78 is 54.3. The van der Waals surface area contributed by atoms with Gasteiger partial charge in [0.1, 0.15) is 14.9 Å². The minimum atomic E-state index is -3.52. The highest BCUT2D eigenvalue weighted by atomic mass is 32.2. The van der Waals surface area contributed by atoms with E-state index in [-0.39, 0.29) is 10.9 Å². The lowest BCUT2D eigenvalue weighted by Crippen LogP contribution is -2.44. The van der Waals surface area contributed by atoms with Gasteiger partial charge in [0.15, 0.2) is 0 Å². The largest absolute Gasteiger partial charge is 0.357 e. The molecule has 3 heterocycles. The molecule has 1 N–H and O–H groups in total. The molecule has 1 saturated heterocycles. The lowest BCUT2D eigenvalue weighted by atomic mass is 10.1. The van der Waals surface area contributed by atoms with Gasteiger partial charge in [-0.05, 0) is 36.4 Å². The van der Waals surface area contributed by atoms with Crippen molar-refractivity contribution in [1.82, 2.24) is 14.0 Å². The molecule has 1 aliphatic rings. The number of sulfonamides is 2. The number of thiophene rings is 1. The van der Waals surface area contributed by atoms with Gasteiger partial charge in [-0.25, -0.2) is 26.5 Å². The van der Waals surface area contributed by atoms with Crippen LogP contribution in [0.3, 0.4) is 0 Å². The van der Waals surface area contributed by atoms with E-state index in [2.05, 4.69) is 9.71 Å². The van der Waals surface area contributed by atoms with Crippen LogP contribution in [-0.4, -0.2) is 58.3 Å². The highest BCUT2D eigenvalue weighted by molar-refractivity contribution is 7.91. The molecule has 11 heteroatoms. The topological polar surface area (TPSA) is 99.7 Å². The first kappa shape index (κ1) is 22.2. The van der Waals surface area contributed by atoms with Crippen molar-refractivity contribution in [2.75, 3.05) is 31.1 Å². The minimum Gasteiger partial charge on any atom is -0.357 e. The van der Waals surface area contributed by atoms with Crippen LogP contribution in [0.1, 0.15) is 26.7 Å². The molecule has 0 atom stereocenters. The predicted molar refractivity (Wildman–Crippen MR) is 114 cm³/mol. The summed E-state index contributed by atoms with van der Waals surface area (Å²) in [6.07, 6.45) is 2.71. The summed E-state index contributed by atoms with van der Waals surface area (Å²) in [5.74, 6) is 0.697. The molecular formula is C18H26N4O4S3. The highest BCUT2D eigenvalue weighted by Gasteiger charge is 2.26. The third kappa shape index (κ3) is 4.97. The van der Waals surface area contributed by atoms with Crippen LogP contribution in [0.4, 0.5) is 5.82 Å². The lowest BCUT2D eigenvalue weighted by molar-refractivity contribution is 0.445. The molecule has 1 aliphatic heterocycles. The average Bonchev–Trinajstić information content (AvgIpc) is 3.25. The van der Waals surface area contributed by atoms with E-state index in [9.17, 15) is 16.8 Å². The number of hydrogen-bond acceptors (Lipinski definition) is 7. The maximum Gasteiger partial charge on any atom is 0.250 e. The van der Waals surface area contributed by atoms with Crippen molar-refractivity contribution >= 4 is 37.2 Å². The Morgan fingerprint density at radius 2 is 1.83 bits per heavy atom. The number of nitrogens with zero attached hydrogens (tertiary/aromatic N) is 3. The molecule has 1 fully saturated rings. The van der Waals surface area contributed by atoms with E-state index in [4.69, 9.17) is 0 Å². The SMILES string of the molecule is CCN(CC)S(=O)(=O)c1ccc(N2CCC(NS(=O)(=O)c3cccs3)CC2)nc1. The first-order chi connectivity index (χ1) is 13.8. The number of anilines is 1. The van der Waals surface area contributed by atoms with Crippen LogP contribution < -0.4 is 9.62 Å². The monoisotopic (exact) mass is 458 g/mol. The van der Waals surface area contributed by atoms with E-state index in [1.807, 2.05) is 4.90 Å². The van der Waals surface area contributed by atoms with Crippen LogP contribution in [0.2, 0.25) is 0 Å². The van der Waals surface area contributed by atoms with E-state index < -0.39 is 20.0 Å². The number of nitrogens with one attached hydrogen (secondary N) is 1. The zero-order valence-corrected chi connectivity index (χ0v) is 18.9. The van der Waals surface area contributed by atoms with Crippen LogP contribution in [0.15, 0.2) is 44.9 Å². The fourth-order valence-corrected chi connectivity index (χ4v) is 7.06. The molecule has 0 unspecified atom stereocenters. The molecule has 0 radical (unpaired) electrons. The Kier molecular flexibility index (Phi) is 6.94. The van der Waals surface area contributed by atoms with Crippen LogP contribution in [-0.2, 0) is 20.0 Å². The van der Waals surface area contributed by atoms with E-state index in [0.29, 0.717) is 49.0 Å². The van der Waals surface area contributed by atoms with Crippen molar-refractivity contribution < 1.29 is 16.8 Å². The van der Waals surface area contributed by atoms with Crippen LogP contribution in [0.5, 0.6) is 0 Å². The molecule has 0 bridgehead atoms. The Hall–Kier alpha value is -1.53. The van der Waals surface area contributed by atoms with Crippen LogP contribution in [0, 0.1) is 0 Å². The van der Waals surface area contributed by atoms with Gasteiger partial charge >= 0.3 is 0 Å². The van der Waals surface area contributed by atoms with Crippen molar-refractivity contribution in [2.24, 2.45) is 0 Å². The first-order valence-corrected chi connectivity index (χ1v) is 13.3. The molecule has 0 aromatic carbocycles. The van der Waals surface area contributed by atoms with Crippen LogP contribution >= 0.6 is 11.3 Å². The zero-order valence-electron chi connectivity index (χ0n) is 16.5. The summed E-state index contributed by atoms with van der Waals surface area (Å²) in [5.41, 5.74) is 0. The first-order valence-electron chi connectivity index (χ1n) is 9.55. The number of hydrogen-bond donors (Lipinski definition) is 1. The van der Waals surface area contributed by atoms with E-state index in [1.165, 1.54) is 21.8 Å². The third-order valence-corrected chi connectivity index (χ3v) is 9.92. The predicted octanol–water partition coefficient (Wildman–Crippen LogP) is 2.12. The van der Waals surface area contributed by atoms with Gasteiger partial charge in [-0.2, -0.15) is 4.31 Å². The van der Waals surface area contributed by atoms with E-state index in [1.54, 1.807) is 43.5 Å². The smallest absolute Gasteiger partial charge is 0.250 e. The summed E-state index contributed by atoms with van der Waals surface area (Å²) >= 11 is 1.20. The molecule has 160 valence electrons. The van der Waals surface area contributed by atoms with Crippen molar-refractivity contribution in [3.63, 3.8) is 0 Å². The summed E-state index contributed by atoms with van der Waals surface area (Å²) in [6.45, 7) is 5.73. The summed E-state index contributed by atoms with van der Waals surface area (Å²) in [7, 11) is -6.99. The highest BCUT2D eigenvalue weighted by Crippen LogP contribution is 2.23. The van der Waals surface area contributed by atoms with Crippen LogP contribution in [0.25, 0.3) is 0 Å². The molecular weight excluding hydrogens is 432 g/mol. The minimum absolute atomic E-state index is 0.124. The molecule has 3 rings (SSSR count). The molecule has 2 aromatic heterocycles. The quantitative estimate of drug-likeness (QED) is 0.650. The maximum absolute atomic E-state index is 12.6. The van der Waals surface area contributed by atoms with Gasteiger partial charge in [0, 0.05) is 38.4 Å². The Morgan fingerprint density at radius 1 is 1.14 bits per heavy atom. The van der Waals surface area contributed by atoms with E-state index >= 15 is 0 Å². The third-order valence-electron chi connectivity index (χ3n) is 4.96.